The van der Waals surface area contributed by atoms with E-state index >= 15 is 0 Å². The van der Waals surface area contributed by atoms with Gasteiger partial charge in [-0.15, -0.1) is 0 Å². The first-order chi connectivity index (χ1) is 11.7. The minimum Gasteiger partial charge on any atom is -0.497 e. The summed E-state index contributed by atoms with van der Waals surface area (Å²) in [6.45, 7) is 3.39. The Kier molecular flexibility index (Phi) is 5.16. The monoisotopic (exact) mass is 325 g/mol. The Morgan fingerprint density at radius 3 is 2.50 bits per heavy atom. The highest BCUT2D eigenvalue weighted by atomic mass is 16.5. The fraction of sp³-hybridized carbons (Fsp3) is 0.350. The van der Waals surface area contributed by atoms with Gasteiger partial charge in [0.05, 0.1) is 13.2 Å². The zero-order chi connectivity index (χ0) is 16.9. The van der Waals surface area contributed by atoms with Crippen LogP contribution in [0.2, 0.25) is 0 Å². The Labute approximate surface area is 143 Å². The molecule has 2 aromatic carbocycles. The van der Waals surface area contributed by atoms with E-state index in [1.165, 1.54) is 23.3 Å². The van der Waals surface area contributed by atoms with Crippen LogP contribution in [0.3, 0.4) is 0 Å². The van der Waals surface area contributed by atoms with Crippen LogP contribution < -0.4 is 15.0 Å². The quantitative estimate of drug-likeness (QED) is 0.819. The summed E-state index contributed by atoms with van der Waals surface area (Å²) in [4.78, 5) is 13.8. The Balaban J connectivity index is 1.61. The average molecular weight is 325 g/mol. The van der Waals surface area contributed by atoms with Crippen LogP contribution >= 0.6 is 0 Å². The number of quaternary nitrogens is 1. The molecule has 1 saturated carbocycles. The van der Waals surface area contributed by atoms with Crippen LogP contribution in [0.4, 0.5) is 5.69 Å². The van der Waals surface area contributed by atoms with Gasteiger partial charge in [0.2, 0.25) is 0 Å². The van der Waals surface area contributed by atoms with Gasteiger partial charge >= 0.3 is 0 Å². The van der Waals surface area contributed by atoms with Gasteiger partial charge in [0.25, 0.3) is 5.91 Å². The van der Waals surface area contributed by atoms with E-state index in [9.17, 15) is 4.79 Å². The third-order valence-electron chi connectivity index (χ3n) is 4.55. The van der Waals surface area contributed by atoms with Crippen molar-refractivity contribution in [2.75, 3.05) is 19.0 Å². The zero-order valence-corrected chi connectivity index (χ0v) is 14.3. The first kappa shape index (κ1) is 16.5. The highest BCUT2D eigenvalue weighted by Gasteiger charge is 2.34. The summed E-state index contributed by atoms with van der Waals surface area (Å²) in [5.41, 5.74) is 3.23. The van der Waals surface area contributed by atoms with Crippen molar-refractivity contribution in [1.82, 2.24) is 0 Å². The molecule has 2 aromatic rings. The molecule has 1 fully saturated rings. The van der Waals surface area contributed by atoms with Crippen LogP contribution in [0.25, 0.3) is 0 Å². The van der Waals surface area contributed by atoms with Crippen LogP contribution in [0.1, 0.15) is 24.0 Å². The predicted octanol–water partition coefficient (Wildman–Crippen LogP) is 2.19. The number of anilines is 1. The van der Waals surface area contributed by atoms with Crippen LogP contribution in [-0.2, 0) is 11.3 Å². The molecule has 0 aromatic heterocycles. The average Bonchev–Trinajstić information content (AvgIpc) is 3.42. The van der Waals surface area contributed by atoms with Crippen molar-refractivity contribution in [3.63, 3.8) is 0 Å². The summed E-state index contributed by atoms with van der Waals surface area (Å²) in [5.74, 6) is 0.948. The van der Waals surface area contributed by atoms with Crippen LogP contribution in [-0.4, -0.2) is 25.6 Å². The molecule has 24 heavy (non-hydrogen) atoms. The highest BCUT2D eigenvalue weighted by Crippen LogP contribution is 2.17. The Morgan fingerprint density at radius 2 is 1.88 bits per heavy atom. The van der Waals surface area contributed by atoms with Crippen molar-refractivity contribution in [3.8, 4) is 5.75 Å². The van der Waals surface area contributed by atoms with Gasteiger partial charge in [0, 0.05) is 24.1 Å². The van der Waals surface area contributed by atoms with E-state index in [1.54, 1.807) is 7.11 Å². The number of rotatable bonds is 7. The Bertz CT molecular complexity index is 693. The van der Waals surface area contributed by atoms with Crippen molar-refractivity contribution >= 4 is 11.6 Å². The molecule has 0 spiro atoms. The maximum Gasteiger partial charge on any atom is 0.279 e. The number of amides is 1. The van der Waals surface area contributed by atoms with E-state index in [2.05, 4.69) is 17.4 Å². The van der Waals surface area contributed by atoms with Crippen molar-refractivity contribution < 1.29 is 14.4 Å². The summed E-state index contributed by atoms with van der Waals surface area (Å²) in [5, 5.41) is 3.05. The normalized spacial score (nSPS) is 14.9. The van der Waals surface area contributed by atoms with Gasteiger partial charge in [0.1, 0.15) is 12.3 Å². The molecule has 3 rings (SSSR count). The van der Waals surface area contributed by atoms with E-state index in [0.29, 0.717) is 12.6 Å². The van der Waals surface area contributed by atoms with Gasteiger partial charge < -0.3 is 15.0 Å². The van der Waals surface area contributed by atoms with E-state index in [4.69, 9.17) is 4.74 Å². The second-order valence-corrected chi connectivity index (χ2v) is 6.50. The highest BCUT2D eigenvalue weighted by molar-refractivity contribution is 5.92. The molecule has 0 heterocycles. The Morgan fingerprint density at radius 1 is 1.17 bits per heavy atom. The number of para-hydroxylation sites is 1. The first-order valence-corrected chi connectivity index (χ1v) is 8.48. The van der Waals surface area contributed by atoms with E-state index < -0.39 is 0 Å². The zero-order valence-electron chi connectivity index (χ0n) is 14.3. The van der Waals surface area contributed by atoms with Crippen molar-refractivity contribution in [1.29, 1.82) is 0 Å². The van der Waals surface area contributed by atoms with E-state index in [-0.39, 0.29) is 5.91 Å². The fourth-order valence-electron chi connectivity index (χ4n) is 2.96. The van der Waals surface area contributed by atoms with Crippen molar-refractivity contribution in [3.05, 3.63) is 59.7 Å². The SMILES string of the molecule is COc1ccc(C[NH+](CC(=O)Nc2ccccc2C)C2CC2)cc1. The molecule has 1 aliphatic rings. The molecule has 1 atom stereocenters. The molecule has 0 saturated heterocycles. The third kappa shape index (κ3) is 4.36. The number of carbonyl (C=O) groups is 1. The maximum atomic E-state index is 12.4. The molecule has 0 radical (unpaired) electrons. The van der Waals surface area contributed by atoms with Gasteiger partial charge in [-0.05, 0) is 42.8 Å². The first-order valence-electron chi connectivity index (χ1n) is 8.48. The standard InChI is InChI=1S/C20H24N2O2/c1-15-5-3-4-6-19(15)21-20(23)14-22(17-9-10-17)13-16-7-11-18(24-2)12-8-16/h3-8,11-12,17H,9-10,13-14H2,1-2H3,(H,21,23)/p+1. The van der Waals surface area contributed by atoms with Gasteiger partial charge in [-0.1, -0.05) is 18.2 Å². The molecule has 126 valence electrons. The Hall–Kier alpha value is -2.33. The number of hydrogen-bond acceptors (Lipinski definition) is 2. The largest absolute Gasteiger partial charge is 0.497 e. The van der Waals surface area contributed by atoms with Crippen molar-refractivity contribution in [2.45, 2.75) is 32.4 Å². The summed E-state index contributed by atoms with van der Waals surface area (Å²) in [6, 6.07) is 16.6. The molecule has 0 aliphatic heterocycles. The second kappa shape index (κ2) is 7.49. The topological polar surface area (TPSA) is 42.8 Å². The van der Waals surface area contributed by atoms with Gasteiger partial charge in [0.15, 0.2) is 6.54 Å². The molecule has 4 nitrogen and oxygen atoms in total. The number of carbonyl (C=O) groups excluding carboxylic acids is 1. The smallest absolute Gasteiger partial charge is 0.279 e. The van der Waals surface area contributed by atoms with E-state index in [1.807, 2.05) is 43.3 Å². The summed E-state index contributed by atoms with van der Waals surface area (Å²) in [7, 11) is 1.67. The molecular formula is C20H25N2O2+. The number of hydrogen-bond donors (Lipinski definition) is 2. The van der Waals surface area contributed by atoms with Gasteiger partial charge in [-0.25, -0.2) is 0 Å². The summed E-state index contributed by atoms with van der Waals surface area (Å²) >= 11 is 0. The number of benzene rings is 2. The van der Waals surface area contributed by atoms with Crippen molar-refractivity contribution in [2.24, 2.45) is 0 Å². The molecule has 2 N–H and O–H groups in total. The molecule has 1 aliphatic carbocycles. The maximum absolute atomic E-state index is 12.4. The fourth-order valence-corrected chi connectivity index (χ4v) is 2.96. The van der Waals surface area contributed by atoms with E-state index in [0.717, 1.165) is 23.5 Å². The third-order valence-corrected chi connectivity index (χ3v) is 4.55. The lowest BCUT2D eigenvalue weighted by Gasteiger charge is -2.19. The number of nitrogens with one attached hydrogen (secondary N) is 2. The molecule has 0 bridgehead atoms. The molecule has 1 amide bonds. The van der Waals surface area contributed by atoms with Crippen LogP contribution in [0, 0.1) is 6.92 Å². The van der Waals surface area contributed by atoms with Gasteiger partial charge in [-0.2, -0.15) is 0 Å². The molecule has 4 heteroatoms. The summed E-state index contributed by atoms with van der Waals surface area (Å²) < 4.78 is 5.21. The van der Waals surface area contributed by atoms with Crippen LogP contribution in [0.15, 0.2) is 48.5 Å². The number of aryl methyl sites for hydroxylation is 1. The van der Waals surface area contributed by atoms with Crippen LogP contribution in [0.5, 0.6) is 5.75 Å². The lowest BCUT2D eigenvalue weighted by Crippen LogP contribution is -3.13. The molecular weight excluding hydrogens is 300 g/mol. The second-order valence-electron chi connectivity index (χ2n) is 6.50. The lowest BCUT2D eigenvalue weighted by molar-refractivity contribution is -0.916. The number of methoxy groups -OCH3 is 1. The minimum atomic E-state index is 0.0831. The predicted molar refractivity (Wildman–Crippen MR) is 95.4 cm³/mol. The number of ether oxygens (including phenoxy) is 1. The summed E-state index contributed by atoms with van der Waals surface area (Å²) in [6.07, 6.45) is 2.42. The lowest BCUT2D eigenvalue weighted by atomic mass is 10.2. The minimum absolute atomic E-state index is 0.0831. The van der Waals surface area contributed by atoms with Gasteiger partial charge in [-0.3, -0.25) is 4.79 Å². The molecule has 1 unspecified atom stereocenters.